The largest absolute Gasteiger partial charge is 0.338 e. The topological polar surface area (TPSA) is 57.7 Å². The van der Waals surface area contributed by atoms with Crippen LogP contribution < -0.4 is 0 Å². The number of allylic oxidation sites excluding steroid dienone is 1. The van der Waals surface area contributed by atoms with Crippen molar-refractivity contribution in [1.82, 2.24) is 9.21 Å². The molecule has 1 aromatic rings. The molecule has 1 aromatic carbocycles. The molecule has 2 fully saturated rings. The molecule has 25 heavy (non-hydrogen) atoms. The Labute approximate surface area is 150 Å². The molecular weight excluding hydrogens is 336 g/mol. The fourth-order valence-electron chi connectivity index (χ4n) is 3.41. The standard InChI is InChI=1S/C19H26N2O3S/c1-3-21(4-2)25(23,24)18-9-7-17(8-10-18)19(22)20-13-11-16(12-14-20)15-5-6-15/h7-10H,3-6,11-14H2,1-2H3. The first-order valence-electron chi connectivity index (χ1n) is 9.06. The van der Waals surface area contributed by atoms with Crippen LogP contribution in [0.25, 0.3) is 0 Å². The Hall–Kier alpha value is -1.66. The van der Waals surface area contributed by atoms with Crippen molar-refractivity contribution in [2.45, 2.75) is 44.4 Å². The number of likely N-dealkylation sites (tertiary alicyclic amines) is 1. The maximum absolute atomic E-state index is 12.6. The molecule has 1 saturated heterocycles. The highest BCUT2D eigenvalue weighted by Gasteiger charge is 2.26. The Morgan fingerprint density at radius 1 is 0.960 bits per heavy atom. The summed E-state index contributed by atoms with van der Waals surface area (Å²) in [5.74, 6) is -0.00775. The highest BCUT2D eigenvalue weighted by Crippen LogP contribution is 2.36. The van der Waals surface area contributed by atoms with E-state index in [1.165, 1.54) is 17.1 Å². The van der Waals surface area contributed by atoms with Gasteiger partial charge in [0.15, 0.2) is 0 Å². The SMILES string of the molecule is CCN(CC)S(=O)(=O)c1ccc(C(=O)N2CCC(=C3CC3)CC2)cc1. The number of amides is 1. The molecule has 0 spiro atoms. The van der Waals surface area contributed by atoms with E-state index in [0.717, 1.165) is 25.9 Å². The van der Waals surface area contributed by atoms with E-state index in [-0.39, 0.29) is 10.8 Å². The lowest BCUT2D eigenvalue weighted by molar-refractivity contribution is 0.0743. The third-order valence-corrected chi connectivity index (χ3v) is 7.16. The zero-order chi connectivity index (χ0) is 18.0. The van der Waals surface area contributed by atoms with Gasteiger partial charge in [-0.3, -0.25) is 4.79 Å². The molecule has 6 heteroatoms. The van der Waals surface area contributed by atoms with E-state index in [9.17, 15) is 13.2 Å². The van der Waals surface area contributed by atoms with Crippen molar-refractivity contribution < 1.29 is 13.2 Å². The highest BCUT2D eigenvalue weighted by molar-refractivity contribution is 7.89. The maximum atomic E-state index is 12.6. The quantitative estimate of drug-likeness (QED) is 0.757. The molecule has 0 unspecified atom stereocenters. The van der Waals surface area contributed by atoms with E-state index in [0.29, 0.717) is 18.7 Å². The minimum Gasteiger partial charge on any atom is -0.338 e. The molecule has 1 aliphatic carbocycles. The van der Waals surface area contributed by atoms with Crippen LogP contribution in [0.5, 0.6) is 0 Å². The smallest absolute Gasteiger partial charge is 0.253 e. The van der Waals surface area contributed by atoms with E-state index in [1.807, 2.05) is 18.7 Å². The van der Waals surface area contributed by atoms with E-state index in [4.69, 9.17) is 0 Å². The van der Waals surface area contributed by atoms with Crippen molar-refractivity contribution >= 4 is 15.9 Å². The predicted molar refractivity (Wildman–Crippen MR) is 97.9 cm³/mol. The number of hydrogen-bond donors (Lipinski definition) is 0. The number of hydrogen-bond acceptors (Lipinski definition) is 3. The zero-order valence-corrected chi connectivity index (χ0v) is 15.8. The van der Waals surface area contributed by atoms with Crippen molar-refractivity contribution in [3.8, 4) is 0 Å². The average Bonchev–Trinajstić information content (AvgIpc) is 3.47. The van der Waals surface area contributed by atoms with Gasteiger partial charge in [-0.2, -0.15) is 4.31 Å². The van der Waals surface area contributed by atoms with E-state index < -0.39 is 10.0 Å². The minimum atomic E-state index is -3.48. The molecule has 0 atom stereocenters. The first-order chi connectivity index (χ1) is 12.0. The van der Waals surface area contributed by atoms with Crippen LogP contribution in [0.15, 0.2) is 40.3 Å². The lowest BCUT2D eigenvalue weighted by atomic mass is 10.0. The lowest BCUT2D eigenvalue weighted by Crippen LogP contribution is -2.36. The van der Waals surface area contributed by atoms with Gasteiger partial charge < -0.3 is 4.90 Å². The third-order valence-electron chi connectivity index (χ3n) is 5.10. The predicted octanol–water partition coefficient (Wildman–Crippen LogP) is 3.04. The molecule has 3 rings (SSSR count). The number of carbonyl (C=O) groups excluding carboxylic acids is 1. The summed E-state index contributed by atoms with van der Waals surface area (Å²) in [5.41, 5.74) is 3.70. The molecule has 1 aliphatic heterocycles. The van der Waals surface area contributed by atoms with Gasteiger partial charge in [-0.15, -0.1) is 0 Å². The molecule has 1 saturated carbocycles. The van der Waals surface area contributed by atoms with E-state index in [1.54, 1.807) is 35.4 Å². The Balaban J connectivity index is 1.70. The van der Waals surface area contributed by atoms with Gasteiger partial charge in [0, 0.05) is 31.7 Å². The first kappa shape index (κ1) is 18.1. The van der Waals surface area contributed by atoms with Gasteiger partial charge in [-0.1, -0.05) is 25.0 Å². The summed E-state index contributed by atoms with van der Waals surface area (Å²) >= 11 is 0. The lowest BCUT2D eigenvalue weighted by Gasteiger charge is -2.28. The second-order valence-electron chi connectivity index (χ2n) is 6.61. The van der Waals surface area contributed by atoms with Crippen LogP contribution in [0.1, 0.15) is 49.9 Å². The van der Waals surface area contributed by atoms with Crippen molar-refractivity contribution in [1.29, 1.82) is 0 Å². The number of sulfonamides is 1. The normalized spacial score (nSPS) is 18.0. The molecule has 1 heterocycles. The second kappa shape index (κ2) is 7.30. The molecule has 1 amide bonds. The molecule has 136 valence electrons. The van der Waals surface area contributed by atoms with Crippen LogP contribution in [0.2, 0.25) is 0 Å². The number of carbonyl (C=O) groups is 1. The Bertz CT molecular complexity index is 761. The molecular formula is C19H26N2O3S. The first-order valence-corrected chi connectivity index (χ1v) is 10.5. The van der Waals surface area contributed by atoms with Crippen LogP contribution in [-0.4, -0.2) is 49.7 Å². The van der Waals surface area contributed by atoms with Gasteiger partial charge in [-0.25, -0.2) is 8.42 Å². The number of benzene rings is 1. The number of piperidine rings is 1. The Morgan fingerprint density at radius 2 is 1.48 bits per heavy atom. The summed E-state index contributed by atoms with van der Waals surface area (Å²) in [7, 11) is -3.48. The van der Waals surface area contributed by atoms with Gasteiger partial charge in [0.2, 0.25) is 10.0 Å². The maximum Gasteiger partial charge on any atom is 0.253 e. The van der Waals surface area contributed by atoms with Crippen LogP contribution in [-0.2, 0) is 10.0 Å². The summed E-state index contributed by atoms with van der Waals surface area (Å²) in [6.07, 6.45) is 4.45. The van der Waals surface area contributed by atoms with Gasteiger partial charge in [0.05, 0.1) is 4.90 Å². The van der Waals surface area contributed by atoms with Gasteiger partial charge in [0.1, 0.15) is 0 Å². The van der Waals surface area contributed by atoms with Crippen LogP contribution in [0.4, 0.5) is 0 Å². The molecule has 2 aliphatic rings. The summed E-state index contributed by atoms with van der Waals surface area (Å²) in [6, 6.07) is 6.35. The fourth-order valence-corrected chi connectivity index (χ4v) is 4.87. The van der Waals surface area contributed by atoms with Gasteiger partial charge in [-0.05, 0) is 49.9 Å². The number of rotatable bonds is 5. The molecule has 0 radical (unpaired) electrons. The second-order valence-corrected chi connectivity index (χ2v) is 8.55. The van der Waals surface area contributed by atoms with Gasteiger partial charge >= 0.3 is 0 Å². The van der Waals surface area contributed by atoms with Crippen molar-refractivity contribution in [2.75, 3.05) is 26.2 Å². The Kier molecular flexibility index (Phi) is 5.29. The fraction of sp³-hybridized carbons (Fsp3) is 0.526. The number of nitrogens with zero attached hydrogens (tertiary/aromatic N) is 2. The molecule has 0 N–H and O–H groups in total. The Morgan fingerprint density at radius 3 is 1.96 bits per heavy atom. The van der Waals surface area contributed by atoms with Crippen molar-refractivity contribution in [2.24, 2.45) is 0 Å². The summed E-state index contributed by atoms with van der Waals surface area (Å²) in [4.78, 5) is 14.8. The summed E-state index contributed by atoms with van der Waals surface area (Å²) < 4.78 is 26.4. The highest BCUT2D eigenvalue weighted by atomic mass is 32.2. The van der Waals surface area contributed by atoms with Crippen LogP contribution in [0, 0.1) is 0 Å². The van der Waals surface area contributed by atoms with E-state index in [2.05, 4.69) is 0 Å². The van der Waals surface area contributed by atoms with E-state index >= 15 is 0 Å². The molecule has 5 nitrogen and oxygen atoms in total. The third kappa shape index (κ3) is 3.80. The van der Waals surface area contributed by atoms with Crippen LogP contribution >= 0.6 is 0 Å². The summed E-state index contributed by atoms with van der Waals surface area (Å²) in [6.45, 7) is 6.03. The van der Waals surface area contributed by atoms with Gasteiger partial charge in [0.25, 0.3) is 5.91 Å². The van der Waals surface area contributed by atoms with Crippen molar-refractivity contribution in [3.63, 3.8) is 0 Å². The average molecular weight is 362 g/mol. The molecule has 0 aromatic heterocycles. The summed E-state index contributed by atoms with van der Waals surface area (Å²) in [5, 5.41) is 0. The van der Waals surface area contributed by atoms with Crippen LogP contribution in [0.3, 0.4) is 0 Å². The monoisotopic (exact) mass is 362 g/mol. The zero-order valence-electron chi connectivity index (χ0n) is 15.0. The van der Waals surface area contributed by atoms with Crippen molar-refractivity contribution in [3.05, 3.63) is 41.0 Å². The molecule has 0 bridgehead atoms. The minimum absolute atomic E-state index is 0.00775.